The molecule has 0 unspecified atom stereocenters. The first-order chi connectivity index (χ1) is 9.50. The lowest BCUT2D eigenvalue weighted by atomic mass is 10.4. The average molecular weight is 256 g/mol. The van der Waals surface area contributed by atoms with Gasteiger partial charge < -0.3 is 9.47 Å². The molecule has 98 valence electrons. The minimum absolute atomic E-state index is 0.477. The minimum atomic E-state index is 0.477. The van der Waals surface area contributed by atoms with E-state index in [0.717, 1.165) is 0 Å². The van der Waals surface area contributed by atoms with Crippen LogP contribution in [0.5, 0.6) is 0 Å². The van der Waals surface area contributed by atoms with Crippen molar-refractivity contribution < 1.29 is 9.47 Å². The lowest BCUT2D eigenvalue weighted by Crippen LogP contribution is -1.85. The van der Waals surface area contributed by atoms with Crippen molar-refractivity contribution in [3.8, 4) is 0 Å². The molecule has 0 spiro atoms. The molecule has 4 nitrogen and oxygen atoms in total. The molecule has 0 N–H and O–H groups in total. The largest absolute Gasteiger partial charge is 0.479 e. The van der Waals surface area contributed by atoms with Crippen LogP contribution < -0.4 is 0 Å². The molecule has 0 amide bonds. The second kappa shape index (κ2) is 11.9. The van der Waals surface area contributed by atoms with E-state index in [1.54, 1.807) is 30.8 Å². The van der Waals surface area contributed by atoms with Crippen LogP contribution in [0.25, 0.3) is 0 Å². The minimum Gasteiger partial charge on any atom is -0.479 e. The summed E-state index contributed by atoms with van der Waals surface area (Å²) in [6.07, 6.45) is 24.0. The number of aliphatic imine (C=N–C) groups is 2. The van der Waals surface area contributed by atoms with Crippen LogP contribution in [0.15, 0.2) is 83.5 Å². The third-order valence-electron chi connectivity index (χ3n) is 1.74. The Morgan fingerprint density at radius 2 is 1.47 bits per heavy atom. The smallest absolute Gasteiger partial charge is 0.174 e. The first-order valence-corrected chi connectivity index (χ1v) is 5.77. The van der Waals surface area contributed by atoms with Crippen LogP contribution in [0, 0.1) is 0 Å². The van der Waals surface area contributed by atoms with Gasteiger partial charge in [0.15, 0.2) is 6.40 Å². The van der Waals surface area contributed by atoms with Crippen LogP contribution in [0.1, 0.15) is 0 Å². The van der Waals surface area contributed by atoms with Crippen molar-refractivity contribution >= 4 is 12.6 Å². The summed E-state index contributed by atoms with van der Waals surface area (Å²) in [5.74, 6) is 0. The van der Waals surface area contributed by atoms with Crippen LogP contribution in [-0.2, 0) is 9.47 Å². The molecular formula is C15H16N2O2. The molecule has 1 aliphatic rings. The first-order valence-electron chi connectivity index (χ1n) is 5.77. The highest BCUT2D eigenvalue weighted by Crippen LogP contribution is 1.86. The van der Waals surface area contributed by atoms with Crippen LogP contribution >= 0.6 is 0 Å². The van der Waals surface area contributed by atoms with Gasteiger partial charge >= 0.3 is 0 Å². The van der Waals surface area contributed by atoms with E-state index < -0.39 is 0 Å². The Kier molecular flexibility index (Phi) is 9.01. The highest BCUT2D eigenvalue weighted by atomic mass is 16.5. The van der Waals surface area contributed by atoms with E-state index in [0.29, 0.717) is 6.61 Å². The Balaban J connectivity index is 2.54. The Bertz CT molecular complexity index is 411. The van der Waals surface area contributed by atoms with Gasteiger partial charge in [0.25, 0.3) is 0 Å². The number of nitrogens with zero attached hydrogens (tertiary/aromatic N) is 2. The third kappa shape index (κ3) is 10.3. The predicted molar refractivity (Wildman–Crippen MR) is 78.9 cm³/mol. The van der Waals surface area contributed by atoms with E-state index in [4.69, 9.17) is 9.47 Å². The summed E-state index contributed by atoms with van der Waals surface area (Å²) in [7, 11) is 0. The maximum atomic E-state index is 5.12. The second-order valence-corrected chi connectivity index (χ2v) is 3.18. The maximum Gasteiger partial charge on any atom is 0.174 e. The lowest BCUT2D eigenvalue weighted by molar-refractivity contribution is 0.367. The van der Waals surface area contributed by atoms with Crippen LogP contribution in [0.3, 0.4) is 0 Å². The van der Waals surface area contributed by atoms with Gasteiger partial charge in [-0.25, -0.2) is 4.99 Å². The summed E-state index contributed by atoms with van der Waals surface area (Å²) in [4.78, 5) is 7.82. The van der Waals surface area contributed by atoms with Crippen molar-refractivity contribution in [1.29, 1.82) is 0 Å². The Morgan fingerprint density at radius 3 is 2.42 bits per heavy atom. The first kappa shape index (κ1) is 14.4. The van der Waals surface area contributed by atoms with Crippen LogP contribution in [-0.4, -0.2) is 19.2 Å². The standard InChI is InChI=1S/C15H16N2O2/c1-2-4-6-12-18-14-8-9-16-10-11-17-15-19-13-7-5-3-1/h1-12,14-15H,13H2/b3-1+,4-2-,7-5+,11-10?,12-6+,14-8-,16-9?,17-15?. The van der Waals surface area contributed by atoms with E-state index in [1.165, 1.54) is 18.9 Å². The molecule has 0 aromatic heterocycles. The molecule has 19 heavy (non-hydrogen) atoms. The molecule has 1 aliphatic heterocycles. The van der Waals surface area contributed by atoms with Gasteiger partial charge in [0, 0.05) is 18.6 Å². The van der Waals surface area contributed by atoms with Crippen molar-refractivity contribution in [2.75, 3.05) is 6.61 Å². The Morgan fingerprint density at radius 1 is 0.737 bits per heavy atom. The highest BCUT2D eigenvalue weighted by Gasteiger charge is 1.73. The fourth-order valence-electron chi connectivity index (χ4n) is 0.960. The molecule has 0 bridgehead atoms. The molecule has 0 fully saturated rings. The average Bonchev–Trinajstić information content (AvgIpc) is 2.43. The highest BCUT2D eigenvalue weighted by molar-refractivity contribution is 5.71. The molecule has 0 aliphatic carbocycles. The summed E-state index contributed by atoms with van der Waals surface area (Å²) in [6, 6.07) is 0. The summed E-state index contributed by atoms with van der Waals surface area (Å²) < 4.78 is 10.2. The quantitative estimate of drug-likeness (QED) is 0.667. The fraction of sp³-hybridized carbons (Fsp3) is 0.0667. The second-order valence-electron chi connectivity index (χ2n) is 3.18. The monoisotopic (exact) mass is 256 g/mol. The van der Waals surface area contributed by atoms with E-state index in [2.05, 4.69) is 9.98 Å². The number of ether oxygens (including phenoxy) is 2. The van der Waals surface area contributed by atoms with Crippen molar-refractivity contribution in [1.82, 2.24) is 0 Å². The SMILES string of the molecule is C1=CN=COC/C=C/C=C/C=C\C=C\O/C=C\C=N1. The molecule has 1 rings (SSSR count). The van der Waals surface area contributed by atoms with Gasteiger partial charge in [-0.15, -0.1) is 0 Å². The van der Waals surface area contributed by atoms with Crippen LogP contribution in [0.4, 0.5) is 0 Å². The summed E-state index contributed by atoms with van der Waals surface area (Å²) in [5, 5.41) is 0. The lowest BCUT2D eigenvalue weighted by Gasteiger charge is -1.89. The summed E-state index contributed by atoms with van der Waals surface area (Å²) >= 11 is 0. The molecule has 0 saturated heterocycles. The van der Waals surface area contributed by atoms with Crippen LogP contribution in [0.2, 0.25) is 0 Å². The zero-order valence-electron chi connectivity index (χ0n) is 10.5. The zero-order chi connectivity index (χ0) is 13.4. The molecular weight excluding hydrogens is 240 g/mol. The summed E-state index contributed by atoms with van der Waals surface area (Å²) in [5.41, 5.74) is 0. The van der Waals surface area contributed by atoms with Gasteiger partial charge in [0.05, 0.1) is 12.5 Å². The molecule has 1 heterocycles. The molecule has 0 saturated carbocycles. The van der Waals surface area contributed by atoms with Crippen molar-refractivity contribution in [3.63, 3.8) is 0 Å². The summed E-state index contributed by atoms with van der Waals surface area (Å²) in [6.45, 7) is 0.477. The number of hydrogen-bond donors (Lipinski definition) is 0. The van der Waals surface area contributed by atoms with E-state index in [9.17, 15) is 0 Å². The Hall–Kier alpha value is -2.62. The van der Waals surface area contributed by atoms with Crippen molar-refractivity contribution in [3.05, 3.63) is 73.5 Å². The van der Waals surface area contributed by atoms with E-state index in [-0.39, 0.29) is 0 Å². The number of rotatable bonds is 0. The molecule has 0 radical (unpaired) electrons. The molecule has 4 heteroatoms. The number of allylic oxidation sites excluding steroid dienone is 7. The normalized spacial score (nSPS) is 24.8. The van der Waals surface area contributed by atoms with E-state index in [1.807, 2.05) is 36.5 Å². The zero-order valence-corrected chi connectivity index (χ0v) is 10.5. The third-order valence-corrected chi connectivity index (χ3v) is 1.74. The van der Waals surface area contributed by atoms with Gasteiger partial charge in [0.1, 0.15) is 6.61 Å². The van der Waals surface area contributed by atoms with Gasteiger partial charge in [-0.05, 0) is 18.2 Å². The van der Waals surface area contributed by atoms with Crippen molar-refractivity contribution in [2.45, 2.75) is 0 Å². The molecule has 0 atom stereocenters. The van der Waals surface area contributed by atoms with E-state index >= 15 is 0 Å². The molecule has 0 aromatic rings. The van der Waals surface area contributed by atoms with Gasteiger partial charge in [-0.1, -0.05) is 30.4 Å². The topological polar surface area (TPSA) is 43.2 Å². The van der Waals surface area contributed by atoms with Gasteiger partial charge in [-0.3, -0.25) is 4.99 Å². The van der Waals surface area contributed by atoms with Gasteiger partial charge in [0.2, 0.25) is 0 Å². The Labute approximate surface area is 113 Å². The fourth-order valence-corrected chi connectivity index (χ4v) is 0.960. The molecule has 0 aromatic carbocycles. The van der Waals surface area contributed by atoms with Gasteiger partial charge in [-0.2, -0.15) is 0 Å². The number of hydrogen-bond acceptors (Lipinski definition) is 4. The maximum absolute atomic E-state index is 5.12. The van der Waals surface area contributed by atoms with Crippen molar-refractivity contribution in [2.24, 2.45) is 9.98 Å². The predicted octanol–water partition coefficient (Wildman–Crippen LogP) is 3.30.